The fraction of sp³-hybridized carbons (Fsp3) is 0.364. The first-order valence-corrected chi connectivity index (χ1v) is 10.9. The number of carbonyl (C=O) groups is 2. The Hall–Kier alpha value is -3.49. The van der Waals surface area contributed by atoms with Crippen molar-refractivity contribution >= 4 is 29.1 Å². The van der Waals surface area contributed by atoms with Gasteiger partial charge in [-0.25, -0.2) is 13.8 Å². The van der Waals surface area contributed by atoms with Crippen molar-refractivity contribution in [3.8, 4) is 0 Å². The number of alkyl halides is 8. The maximum Gasteiger partial charge on any atom is 0.437 e. The maximum absolute atomic E-state index is 14.2. The Kier molecular flexibility index (Phi) is 8.19. The third-order valence-electron chi connectivity index (χ3n) is 5.33. The van der Waals surface area contributed by atoms with Crippen molar-refractivity contribution in [1.82, 2.24) is 15.6 Å². The number of nitrogens with zero attached hydrogens (tertiary/aromatic N) is 2. The zero-order valence-corrected chi connectivity index (χ0v) is 19.9. The number of benzene rings is 1. The van der Waals surface area contributed by atoms with Crippen LogP contribution in [0, 0.1) is 6.92 Å². The van der Waals surface area contributed by atoms with Crippen molar-refractivity contribution in [3.05, 3.63) is 63.4 Å². The lowest BCUT2D eigenvalue weighted by Gasteiger charge is -2.28. The van der Waals surface area contributed by atoms with Gasteiger partial charge in [0, 0.05) is 10.6 Å². The van der Waals surface area contributed by atoms with Crippen LogP contribution in [0.25, 0.3) is 0 Å². The van der Waals surface area contributed by atoms with Crippen molar-refractivity contribution < 1.29 is 49.5 Å². The monoisotopic (exact) mass is 572 g/mol. The van der Waals surface area contributed by atoms with E-state index in [1.54, 1.807) is 5.32 Å². The lowest BCUT2D eigenvalue weighted by Crippen LogP contribution is -2.43. The van der Waals surface area contributed by atoms with E-state index in [2.05, 4.69) is 15.5 Å². The number of amides is 2. The molecule has 2 N–H and O–H groups in total. The minimum Gasteiger partial charge on any atom is -0.372 e. The second kappa shape index (κ2) is 10.7. The van der Waals surface area contributed by atoms with Crippen molar-refractivity contribution in [2.24, 2.45) is 5.16 Å². The lowest BCUT2D eigenvalue weighted by atomic mass is 9.89. The van der Waals surface area contributed by atoms with Crippen LogP contribution in [0.3, 0.4) is 0 Å². The molecule has 0 aliphatic carbocycles. The summed E-state index contributed by atoms with van der Waals surface area (Å²) >= 11 is 5.74. The van der Waals surface area contributed by atoms with Crippen molar-refractivity contribution in [3.63, 3.8) is 0 Å². The molecule has 0 saturated carbocycles. The number of aromatic nitrogens is 1. The van der Waals surface area contributed by atoms with Gasteiger partial charge in [0.25, 0.3) is 17.9 Å². The quantitative estimate of drug-likeness (QED) is 0.458. The van der Waals surface area contributed by atoms with Crippen LogP contribution in [-0.4, -0.2) is 48.0 Å². The molecule has 0 saturated heterocycles. The lowest BCUT2D eigenvalue weighted by molar-refractivity contribution is -0.277. The van der Waals surface area contributed by atoms with Gasteiger partial charge in [-0.1, -0.05) is 22.8 Å². The summed E-state index contributed by atoms with van der Waals surface area (Å²) in [5, 5.41) is 6.81. The van der Waals surface area contributed by atoms with E-state index < -0.39 is 72.1 Å². The highest BCUT2D eigenvalue weighted by Crippen LogP contribution is 2.49. The first-order valence-electron chi connectivity index (χ1n) is 10.5. The molecule has 16 heteroatoms. The summed E-state index contributed by atoms with van der Waals surface area (Å²) in [6, 6.07) is 5.21. The van der Waals surface area contributed by atoms with Gasteiger partial charge in [0.15, 0.2) is 0 Å². The zero-order chi connectivity index (χ0) is 28.5. The molecule has 1 aromatic heterocycles. The SMILES string of the molecule is Cc1cc(C2=NO[C@@](c3cc(Cl)cc(C(F)F)n3)(C(F)(F)F)C2)ccc1C(=O)NCC(=O)NCC(F)(F)F. The first-order chi connectivity index (χ1) is 17.5. The highest BCUT2D eigenvalue weighted by atomic mass is 35.5. The number of carbonyl (C=O) groups excluding carboxylic acids is 2. The highest BCUT2D eigenvalue weighted by Gasteiger charge is 2.63. The van der Waals surface area contributed by atoms with Gasteiger partial charge in [-0.05, 0) is 42.3 Å². The number of aryl methyl sites for hydroxylation is 1. The van der Waals surface area contributed by atoms with E-state index >= 15 is 0 Å². The molecule has 38 heavy (non-hydrogen) atoms. The van der Waals surface area contributed by atoms with Gasteiger partial charge in [0.2, 0.25) is 5.91 Å². The van der Waals surface area contributed by atoms with E-state index in [-0.39, 0.29) is 22.4 Å². The number of halogens is 9. The molecule has 7 nitrogen and oxygen atoms in total. The Morgan fingerprint density at radius 3 is 2.37 bits per heavy atom. The molecule has 1 aromatic carbocycles. The van der Waals surface area contributed by atoms with Gasteiger partial charge in [0.1, 0.15) is 12.2 Å². The Bertz CT molecular complexity index is 1270. The fourth-order valence-electron chi connectivity index (χ4n) is 3.47. The smallest absolute Gasteiger partial charge is 0.372 e. The third kappa shape index (κ3) is 6.49. The Morgan fingerprint density at radius 1 is 1.11 bits per heavy atom. The number of pyridine rings is 1. The molecule has 3 rings (SSSR count). The van der Waals surface area contributed by atoms with E-state index in [0.717, 1.165) is 12.1 Å². The number of rotatable bonds is 7. The van der Waals surface area contributed by atoms with Crippen LogP contribution in [-0.2, 0) is 15.2 Å². The van der Waals surface area contributed by atoms with Crippen LogP contribution in [0.15, 0.2) is 35.5 Å². The van der Waals surface area contributed by atoms with Gasteiger partial charge in [-0.15, -0.1) is 0 Å². The summed E-state index contributed by atoms with van der Waals surface area (Å²) in [6.45, 7) is -0.909. The predicted molar refractivity (Wildman–Crippen MR) is 117 cm³/mol. The first kappa shape index (κ1) is 29.1. The summed E-state index contributed by atoms with van der Waals surface area (Å²) in [5.41, 5.74) is -5.02. The summed E-state index contributed by atoms with van der Waals surface area (Å²) < 4.78 is 105. The summed E-state index contributed by atoms with van der Waals surface area (Å²) in [4.78, 5) is 32.0. The predicted octanol–water partition coefficient (Wildman–Crippen LogP) is 4.97. The normalized spacial score (nSPS) is 17.7. The standard InChI is InChI=1S/C22H17ClF8N4O3/c1-10-4-11(2-3-13(10)19(37)32-8-17(36)33-9-21(26,27)28)15-7-20(38-35-15,22(29,30)31)16-6-12(23)5-14(34-16)18(24)25/h2-6,18H,7-9H2,1H3,(H,32,37)(H,33,36)/t20-/m0/s1. The van der Waals surface area contributed by atoms with Crippen molar-refractivity contribution in [1.29, 1.82) is 0 Å². The number of hydrogen-bond acceptors (Lipinski definition) is 5. The molecule has 0 radical (unpaired) electrons. The van der Waals surface area contributed by atoms with Gasteiger partial charge >= 0.3 is 12.4 Å². The molecule has 1 aliphatic heterocycles. The van der Waals surface area contributed by atoms with Gasteiger partial charge in [-0.3, -0.25) is 9.59 Å². The third-order valence-corrected chi connectivity index (χ3v) is 5.55. The van der Waals surface area contributed by atoms with Gasteiger partial charge in [-0.2, -0.15) is 26.3 Å². The van der Waals surface area contributed by atoms with Crippen LogP contribution >= 0.6 is 11.6 Å². The maximum atomic E-state index is 14.2. The van der Waals surface area contributed by atoms with E-state index in [1.165, 1.54) is 25.1 Å². The van der Waals surface area contributed by atoms with Gasteiger partial charge < -0.3 is 15.5 Å². The Balaban J connectivity index is 1.78. The average molecular weight is 573 g/mol. The summed E-state index contributed by atoms with van der Waals surface area (Å²) in [6.07, 6.45) is -13.9. The minimum atomic E-state index is -5.14. The molecule has 2 aromatic rings. The fourth-order valence-corrected chi connectivity index (χ4v) is 3.69. The molecule has 0 bridgehead atoms. The molecule has 2 amide bonds. The topological polar surface area (TPSA) is 92.7 Å². The molecule has 1 atom stereocenters. The van der Waals surface area contributed by atoms with E-state index in [4.69, 9.17) is 16.4 Å². The minimum absolute atomic E-state index is 0.0166. The molecule has 0 spiro atoms. The Morgan fingerprint density at radius 2 is 1.79 bits per heavy atom. The van der Waals surface area contributed by atoms with Crippen LogP contribution < -0.4 is 10.6 Å². The van der Waals surface area contributed by atoms with Crippen LogP contribution in [0.1, 0.15) is 45.7 Å². The Labute approximate surface area is 214 Å². The second-order valence-corrected chi connectivity index (χ2v) is 8.57. The molecule has 1 aliphatic rings. The second-order valence-electron chi connectivity index (χ2n) is 8.13. The molecular formula is C22H17ClF8N4O3. The number of hydrogen-bond donors (Lipinski definition) is 2. The molecule has 0 fully saturated rings. The number of nitrogens with one attached hydrogen (secondary N) is 2. The van der Waals surface area contributed by atoms with E-state index in [1.807, 2.05) is 0 Å². The zero-order valence-electron chi connectivity index (χ0n) is 19.1. The van der Waals surface area contributed by atoms with Crippen molar-refractivity contribution in [2.45, 2.75) is 37.7 Å². The van der Waals surface area contributed by atoms with E-state index in [9.17, 15) is 44.7 Å². The van der Waals surface area contributed by atoms with Crippen molar-refractivity contribution in [2.75, 3.05) is 13.1 Å². The summed E-state index contributed by atoms with van der Waals surface area (Å²) in [7, 11) is 0. The summed E-state index contributed by atoms with van der Waals surface area (Å²) in [5.74, 6) is -1.91. The molecule has 0 unspecified atom stereocenters. The van der Waals surface area contributed by atoms with Crippen LogP contribution in [0.4, 0.5) is 35.1 Å². The van der Waals surface area contributed by atoms with Crippen LogP contribution in [0.5, 0.6) is 0 Å². The van der Waals surface area contributed by atoms with E-state index in [0.29, 0.717) is 0 Å². The largest absolute Gasteiger partial charge is 0.437 e. The van der Waals surface area contributed by atoms with Crippen LogP contribution in [0.2, 0.25) is 5.02 Å². The molecule has 206 valence electrons. The van der Waals surface area contributed by atoms with Gasteiger partial charge in [0.05, 0.1) is 24.4 Å². The number of oxime groups is 1. The highest BCUT2D eigenvalue weighted by molar-refractivity contribution is 6.30. The molecular weight excluding hydrogens is 556 g/mol. The molecule has 2 heterocycles. The average Bonchev–Trinajstić information content (AvgIpc) is 3.27.